The third-order valence-electron chi connectivity index (χ3n) is 5.61. The zero-order valence-corrected chi connectivity index (χ0v) is 20.6. The van der Waals surface area contributed by atoms with E-state index in [9.17, 15) is 20.4 Å². The Kier molecular flexibility index (Phi) is 11.1. The fraction of sp³-hybridized carbons (Fsp3) is 0.783. The van der Waals surface area contributed by atoms with Crippen molar-refractivity contribution in [3.63, 3.8) is 0 Å². The molecule has 0 spiro atoms. The first-order valence-corrected chi connectivity index (χ1v) is 12.0. The molecule has 1 aromatic rings. The summed E-state index contributed by atoms with van der Waals surface area (Å²) in [6, 6.07) is 1.95. The van der Waals surface area contributed by atoms with E-state index in [1.54, 1.807) is 33.9 Å². The van der Waals surface area contributed by atoms with Crippen LogP contribution in [-0.4, -0.2) is 125 Å². The van der Waals surface area contributed by atoms with Gasteiger partial charge in [0.1, 0.15) is 0 Å². The van der Waals surface area contributed by atoms with Crippen molar-refractivity contribution in [3.8, 4) is 0 Å². The zero-order chi connectivity index (χ0) is 24.5. The smallest absolute Gasteiger partial charge is 0.152 e. The summed E-state index contributed by atoms with van der Waals surface area (Å²) in [7, 11) is 0. The number of fused-ring (bicyclic) bond motifs is 1. The molecule has 4 unspecified atom stereocenters. The van der Waals surface area contributed by atoms with Gasteiger partial charge in [-0.05, 0) is 33.8 Å². The Hall–Kier alpha value is -1.69. The second kappa shape index (κ2) is 13.3. The van der Waals surface area contributed by atoms with E-state index in [1.807, 2.05) is 6.07 Å². The second-order valence-corrected chi connectivity index (χ2v) is 9.50. The summed E-state index contributed by atoms with van der Waals surface area (Å²) in [6.07, 6.45) is -0.173. The molecule has 0 bridgehead atoms. The average molecular weight is 469 g/mol. The number of aliphatic hydroxyl groups is 4. The number of anilines is 3. The molecular weight excluding hydrogens is 424 g/mol. The number of nitrogen functional groups attached to an aromatic ring is 1. The SMILES string of the molecule is CC(O)CN(CCN1CCN(CCN(CC(C)O)CC(C)O)c2ncc(N)cc21)CC(C)O. The molecule has 0 radical (unpaired) electrons. The first-order chi connectivity index (χ1) is 15.5. The highest BCUT2D eigenvalue weighted by molar-refractivity contribution is 5.72. The Morgan fingerprint density at radius 2 is 1.24 bits per heavy atom. The van der Waals surface area contributed by atoms with E-state index in [0.717, 1.165) is 37.7 Å². The summed E-state index contributed by atoms with van der Waals surface area (Å²) in [5.74, 6) is 0.877. The highest BCUT2D eigenvalue weighted by Gasteiger charge is 2.25. The summed E-state index contributed by atoms with van der Waals surface area (Å²) in [5, 5.41) is 39.2. The number of nitrogens with two attached hydrogens (primary N) is 1. The molecule has 10 nitrogen and oxygen atoms in total. The van der Waals surface area contributed by atoms with Crippen molar-refractivity contribution in [3.05, 3.63) is 12.3 Å². The molecule has 0 amide bonds. The van der Waals surface area contributed by atoms with Crippen LogP contribution in [0.5, 0.6) is 0 Å². The third kappa shape index (κ3) is 9.60. The number of hydrogen-bond acceptors (Lipinski definition) is 10. The van der Waals surface area contributed by atoms with Gasteiger partial charge in [0.15, 0.2) is 5.82 Å². The monoisotopic (exact) mass is 468 g/mol. The van der Waals surface area contributed by atoms with Gasteiger partial charge in [0.05, 0.1) is 42.0 Å². The molecule has 1 aliphatic heterocycles. The number of aromatic nitrogens is 1. The standard InChI is InChI=1S/C23H44N6O4/c1-17(30)13-26(14-18(2)31)5-7-28-9-10-29(23-22(28)11-21(24)12-25-23)8-6-27(15-19(3)32)16-20(4)33/h11-12,17-20,30-33H,5-10,13-16,24H2,1-4H3. The van der Waals surface area contributed by atoms with Gasteiger partial charge < -0.3 is 36.0 Å². The fourth-order valence-electron chi connectivity index (χ4n) is 4.39. The van der Waals surface area contributed by atoms with E-state index >= 15 is 0 Å². The van der Waals surface area contributed by atoms with Gasteiger partial charge in [0, 0.05) is 65.4 Å². The zero-order valence-electron chi connectivity index (χ0n) is 20.6. The molecule has 0 saturated carbocycles. The average Bonchev–Trinajstić information content (AvgIpc) is 2.68. The van der Waals surface area contributed by atoms with E-state index in [-0.39, 0.29) is 0 Å². The largest absolute Gasteiger partial charge is 0.397 e. The van der Waals surface area contributed by atoms with Crippen molar-refractivity contribution in [2.75, 3.05) is 81.0 Å². The van der Waals surface area contributed by atoms with E-state index in [2.05, 4.69) is 24.6 Å². The van der Waals surface area contributed by atoms with E-state index in [1.165, 1.54) is 0 Å². The normalized spacial score (nSPS) is 17.9. The maximum Gasteiger partial charge on any atom is 0.152 e. The molecular formula is C23H44N6O4. The molecule has 33 heavy (non-hydrogen) atoms. The van der Waals surface area contributed by atoms with Crippen LogP contribution < -0.4 is 15.5 Å². The summed E-state index contributed by atoms with van der Waals surface area (Å²) in [4.78, 5) is 13.3. The van der Waals surface area contributed by atoms with E-state index in [4.69, 9.17) is 5.73 Å². The van der Waals surface area contributed by atoms with Crippen molar-refractivity contribution < 1.29 is 20.4 Å². The van der Waals surface area contributed by atoms with Crippen LogP contribution in [0.25, 0.3) is 0 Å². The topological polar surface area (TPSA) is 133 Å². The first-order valence-electron chi connectivity index (χ1n) is 12.0. The van der Waals surface area contributed by atoms with Gasteiger partial charge in [-0.1, -0.05) is 0 Å². The highest BCUT2D eigenvalue weighted by atomic mass is 16.3. The maximum atomic E-state index is 9.81. The van der Waals surface area contributed by atoms with Gasteiger partial charge in [0.2, 0.25) is 0 Å². The van der Waals surface area contributed by atoms with Gasteiger partial charge in [-0.15, -0.1) is 0 Å². The Balaban J connectivity index is 2.08. The van der Waals surface area contributed by atoms with Crippen molar-refractivity contribution in [1.82, 2.24) is 14.8 Å². The van der Waals surface area contributed by atoms with Crippen molar-refractivity contribution >= 4 is 17.2 Å². The molecule has 10 heteroatoms. The molecule has 1 aromatic heterocycles. The summed E-state index contributed by atoms with van der Waals surface area (Å²) >= 11 is 0. The summed E-state index contributed by atoms with van der Waals surface area (Å²) < 4.78 is 0. The molecule has 1 aliphatic rings. The van der Waals surface area contributed by atoms with Crippen LogP contribution in [0.3, 0.4) is 0 Å². The van der Waals surface area contributed by atoms with Gasteiger partial charge in [0.25, 0.3) is 0 Å². The molecule has 4 atom stereocenters. The van der Waals surface area contributed by atoms with E-state index in [0.29, 0.717) is 45.0 Å². The van der Waals surface area contributed by atoms with E-state index < -0.39 is 24.4 Å². The van der Waals surface area contributed by atoms with Crippen molar-refractivity contribution in [2.45, 2.75) is 52.1 Å². The van der Waals surface area contributed by atoms with Crippen LogP contribution in [0, 0.1) is 0 Å². The summed E-state index contributed by atoms with van der Waals surface area (Å²) in [5.41, 5.74) is 7.65. The number of hydrogen-bond donors (Lipinski definition) is 5. The van der Waals surface area contributed by atoms with Crippen molar-refractivity contribution in [1.29, 1.82) is 0 Å². The maximum absolute atomic E-state index is 9.81. The molecule has 0 aromatic carbocycles. The van der Waals surface area contributed by atoms with Gasteiger partial charge >= 0.3 is 0 Å². The predicted octanol–water partition coefficient (Wildman–Crippen LogP) is -0.583. The third-order valence-corrected chi connectivity index (χ3v) is 5.61. The summed E-state index contributed by atoms with van der Waals surface area (Å²) in [6.45, 7) is 13.6. The Bertz CT molecular complexity index is 684. The van der Waals surface area contributed by atoms with Crippen molar-refractivity contribution in [2.24, 2.45) is 0 Å². The first kappa shape index (κ1) is 27.6. The number of pyridine rings is 1. The number of rotatable bonds is 14. The molecule has 2 rings (SSSR count). The molecule has 0 fully saturated rings. The lowest BCUT2D eigenvalue weighted by molar-refractivity contribution is 0.0841. The number of nitrogens with zero attached hydrogens (tertiary/aromatic N) is 5. The molecule has 2 heterocycles. The second-order valence-electron chi connectivity index (χ2n) is 9.50. The van der Waals surface area contributed by atoms with Crippen LogP contribution in [0.4, 0.5) is 17.2 Å². The van der Waals surface area contributed by atoms with Crippen LogP contribution in [0.1, 0.15) is 27.7 Å². The highest BCUT2D eigenvalue weighted by Crippen LogP contribution is 2.32. The molecule has 0 saturated heterocycles. The Morgan fingerprint density at radius 1 is 0.818 bits per heavy atom. The Labute approximate surface area is 198 Å². The predicted molar refractivity (Wildman–Crippen MR) is 133 cm³/mol. The minimum absolute atomic E-state index is 0.461. The molecule has 6 N–H and O–H groups in total. The minimum Gasteiger partial charge on any atom is -0.397 e. The van der Waals surface area contributed by atoms with Gasteiger partial charge in [-0.3, -0.25) is 9.80 Å². The minimum atomic E-state index is -0.462. The quantitative estimate of drug-likeness (QED) is 0.241. The molecule has 0 aliphatic carbocycles. The van der Waals surface area contributed by atoms with Gasteiger partial charge in [-0.25, -0.2) is 4.98 Å². The lowest BCUT2D eigenvalue weighted by Crippen LogP contribution is -2.48. The molecule has 190 valence electrons. The van der Waals surface area contributed by atoms with Crippen LogP contribution in [-0.2, 0) is 0 Å². The van der Waals surface area contributed by atoms with Crippen LogP contribution in [0.2, 0.25) is 0 Å². The Morgan fingerprint density at radius 3 is 1.70 bits per heavy atom. The lowest BCUT2D eigenvalue weighted by atomic mass is 10.2. The van der Waals surface area contributed by atoms with Crippen LogP contribution >= 0.6 is 0 Å². The number of aliphatic hydroxyl groups excluding tert-OH is 4. The van der Waals surface area contributed by atoms with Crippen LogP contribution in [0.15, 0.2) is 12.3 Å². The lowest BCUT2D eigenvalue weighted by Gasteiger charge is -2.40. The van der Waals surface area contributed by atoms with Gasteiger partial charge in [-0.2, -0.15) is 0 Å². The fourth-order valence-corrected chi connectivity index (χ4v) is 4.39.